The number of aromatic nitrogens is 2. The average Bonchev–Trinajstić information content (AvgIpc) is 2.69. The monoisotopic (exact) mass is 218 g/mol. The van der Waals surface area contributed by atoms with Gasteiger partial charge in [0.25, 0.3) is 0 Å². The van der Waals surface area contributed by atoms with Crippen LogP contribution in [-0.4, -0.2) is 17.6 Å². The minimum atomic E-state index is 0.594. The molecule has 2 aromatic carbocycles. The van der Waals surface area contributed by atoms with Crippen LogP contribution in [0, 0.1) is 0 Å². The lowest BCUT2D eigenvalue weighted by Gasteiger charge is -2.03. The second-order valence-electron chi connectivity index (χ2n) is 4.05. The normalized spacial score (nSPS) is 10.8. The summed E-state index contributed by atoms with van der Waals surface area (Å²) in [6, 6.07) is 18.3. The maximum atomic E-state index is 5.90. The van der Waals surface area contributed by atoms with E-state index in [1.807, 2.05) is 47.1 Å². The lowest BCUT2D eigenvalue weighted by molar-refractivity contribution is 0.719. The molecule has 0 fully saturated rings. The van der Waals surface area contributed by atoms with Crippen molar-refractivity contribution in [3.63, 3.8) is 0 Å². The minimum Gasteiger partial charge on any atom is -0.261 e. The van der Waals surface area contributed by atoms with Gasteiger partial charge in [0.1, 0.15) is 7.85 Å². The van der Waals surface area contributed by atoms with Gasteiger partial charge in [0, 0.05) is 11.0 Å². The molecule has 0 aliphatic carbocycles. The molecule has 2 radical (unpaired) electrons. The molecule has 80 valence electrons. The van der Waals surface area contributed by atoms with Crippen molar-refractivity contribution in [3.05, 3.63) is 60.2 Å². The molecular weight excluding hydrogens is 207 g/mol. The van der Waals surface area contributed by atoms with Gasteiger partial charge >= 0.3 is 0 Å². The predicted octanol–water partition coefficient (Wildman–Crippen LogP) is 1.88. The fourth-order valence-electron chi connectivity index (χ4n) is 2.03. The number of hydrogen-bond acceptors (Lipinski definition) is 1. The molecule has 0 aliphatic heterocycles. The maximum absolute atomic E-state index is 5.90. The summed E-state index contributed by atoms with van der Waals surface area (Å²) in [6.07, 6.45) is 0. The van der Waals surface area contributed by atoms with Crippen LogP contribution in [0.25, 0.3) is 10.9 Å². The van der Waals surface area contributed by atoms with Crippen molar-refractivity contribution < 1.29 is 0 Å². The Morgan fingerprint density at radius 2 is 1.65 bits per heavy atom. The van der Waals surface area contributed by atoms with E-state index in [4.69, 9.17) is 7.85 Å². The highest BCUT2D eigenvalue weighted by Crippen LogP contribution is 2.12. The molecule has 2 nitrogen and oxygen atoms in total. The van der Waals surface area contributed by atoms with Crippen molar-refractivity contribution in [1.82, 2.24) is 9.78 Å². The van der Waals surface area contributed by atoms with E-state index in [9.17, 15) is 0 Å². The summed E-state index contributed by atoms with van der Waals surface area (Å²) < 4.78 is 1.94. The summed E-state index contributed by atoms with van der Waals surface area (Å²) in [7, 11) is 5.90. The number of hydrogen-bond donors (Lipinski definition) is 0. The first-order valence-electron chi connectivity index (χ1n) is 5.59. The third-order valence-corrected chi connectivity index (χ3v) is 2.86. The van der Waals surface area contributed by atoms with Crippen LogP contribution < -0.4 is 5.59 Å². The van der Waals surface area contributed by atoms with E-state index in [2.05, 4.69) is 17.2 Å². The smallest absolute Gasteiger partial charge is 0.145 e. The molecule has 0 aliphatic rings. The quantitative estimate of drug-likeness (QED) is 0.600. The van der Waals surface area contributed by atoms with Crippen molar-refractivity contribution in [1.29, 1.82) is 0 Å². The Bertz CT molecular complexity index is 644. The Balaban J connectivity index is 2.07. The Morgan fingerprint density at radius 3 is 2.47 bits per heavy atom. The minimum absolute atomic E-state index is 0.594. The van der Waals surface area contributed by atoms with Gasteiger partial charge in [-0.25, -0.2) is 0 Å². The van der Waals surface area contributed by atoms with Gasteiger partial charge in [-0.2, -0.15) is 5.10 Å². The van der Waals surface area contributed by atoms with Crippen molar-refractivity contribution >= 4 is 24.3 Å². The first-order valence-corrected chi connectivity index (χ1v) is 5.59. The Hall–Kier alpha value is -2.03. The van der Waals surface area contributed by atoms with Gasteiger partial charge < -0.3 is 0 Å². The standard InChI is InChI=1S/C14H11BN2/c15-14-12-8-4-5-9-13(12)17(16-14)10-11-6-2-1-3-7-11/h1-9H,10H2. The summed E-state index contributed by atoms with van der Waals surface area (Å²) in [6.45, 7) is 0.749. The summed E-state index contributed by atoms with van der Waals surface area (Å²) in [5.74, 6) is 0. The highest BCUT2D eigenvalue weighted by Gasteiger charge is 2.05. The zero-order chi connectivity index (χ0) is 11.7. The molecule has 0 unspecified atom stereocenters. The highest BCUT2D eigenvalue weighted by molar-refractivity contribution is 6.37. The lowest BCUT2D eigenvalue weighted by atomic mass is 10.0. The van der Waals surface area contributed by atoms with Gasteiger partial charge in [0.05, 0.1) is 12.1 Å². The average molecular weight is 218 g/mol. The Morgan fingerprint density at radius 1 is 0.941 bits per heavy atom. The van der Waals surface area contributed by atoms with Crippen molar-refractivity contribution in [2.24, 2.45) is 0 Å². The van der Waals surface area contributed by atoms with E-state index in [-0.39, 0.29) is 0 Å². The van der Waals surface area contributed by atoms with Crippen LogP contribution in [0.2, 0.25) is 0 Å². The van der Waals surface area contributed by atoms with Gasteiger partial charge in [-0.1, -0.05) is 48.5 Å². The van der Waals surface area contributed by atoms with E-state index in [0.717, 1.165) is 17.4 Å². The van der Waals surface area contributed by atoms with E-state index in [0.29, 0.717) is 5.59 Å². The molecule has 0 bridgehead atoms. The van der Waals surface area contributed by atoms with E-state index < -0.39 is 0 Å². The van der Waals surface area contributed by atoms with E-state index in [1.165, 1.54) is 5.56 Å². The Labute approximate surface area is 101 Å². The fraction of sp³-hybridized carbons (Fsp3) is 0.0714. The molecule has 0 N–H and O–H groups in total. The number of rotatable bonds is 2. The molecular formula is C14H11BN2. The second kappa shape index (κ2) is 4.09. The number of benzene rings is 2. The summed E-state index contributed by atoms with van der Waals surface area (Å²) in [5, 5.41) is 5.40. The van der Waals surface area contributed by atoms with E-state index in [1.54, 1.807) is 0 Å². The van der Waals surface area contributed by atoms with Gasteiger partial charge in [0.2, 0.25) is 0 Å². The molecule has 17 heavy (non-hydrogen) atoms. The van der Waals surface area contributed by atoms with Crippen LogP contribution in [0.5, 0.6) is 0 Å². The van der Waals surface area contributed by atoms with Crippen LogP contribution in [0.4, 0.5) is 0 Å². The molecule has 0 saturated carbocycles. The largest absolute Gasteiger partial charge is 0.261 e. The molecule has 0 spiro atoms. The number of nitrogens with zero attached hydrogens (tertiary/aromatic N) is 2. The molecule has 1 heterocycles. The first kappa shape index (κ1) is 10.1. The van der Waals surface area contributed by atoms with Crippen LogP contribution in [0.15, 0.2) is 54.6 Å². The number of fused-ring (bicyclic) bond motifs is 1. The molecule has 1 aromatic heterocycles. The molecule has 3 aromatic rings. The third-order valence-electron chi connectivity index (χ3n) is 2.86. The second-order valence-corrected chi connectivity index (χ2v) is 4.05. The van der Waals surface area contributed by atoms with Crippen molar-refractivity contribution in [3.8, 4) is 0 Å². The van der Waals surface area contributed by atoms with E-state index >= 15 is 0 Å². The zero-order valence-electron chi connectivity index (χ0n) is 9.38. The van der Waals surface area contributed by atoms with Gasteiger partial charge in [0.15, 0.2) is 0 Å². The fourth-order valence-corrected chi connectivity index (χ4v) is 2.03. The first-order chi connectivity index (χ1) is 8.34. The van der Waals surface area contributed by atoms with Crippen molar-refractivity contribution in [2.45, 2.75) is 6.54 Å². The highest BCUT2D eigenvalue weighted by atomic mass is 15.3. The van der Waals surface area contributed by atoms with Crippen molar-refractivity contribution in [2.75, 3.05) is 0 Å². The van der Waals surface area contributed by atoms with Gasteiger partial charge in [-0.15, -0.1) is 0 Å². The SMILES string of the molecule is [B]c1nn(Cc2ccccc2)c2ccccc12. The Kier molecular flexibility index (Phi) is 2.44. The molecule has 0 saturated heterocycles. The van der Waals surface area contributed by atoms with Gasteiger partial charge in [-0.05, 0) is 11.6 Å². The predicted molar refractivity (Wildman–Crippen MR) is 70.7 cm³/mol. The third kappa shape index (κ3) is 1.84. The van der Waals surface area contributed by atoms with Gasteiger partial charge in [-0.3, -0.25) is 4.68 Å². The molecule has 3 rings (SSSR count). The zero-order valence-corrected chi connectivity index (χ0v) is 9.38. The summed E-state index contributed by atoms with van der Waals surface area (Å²) in [4.78, 5) is 0. The topological polar surface area (TPSA) is 17.8 Å². The molecule has 0 amide bonds. The van der Waals surface area contributed by atoms with Crippen LogP contribution in [-0.2, 0) is 6.54 Å². The molecule has 3 heteroatoms. The lowest BCUT2D eigenvalue weighted by Crippen LogP contribution is -2.08. The molecule has 0 atom stereocenters. The van der Waals surface area contributed by atoms with Crippen LogP contribution in [0.1, 0.15) is 5.56 Å². The number of para-hydroxylation sites is 1. The summed E-state index contributed by atoms with van der Waals surface area (Å²) >= 11 is 0. The summed E-state index contributed by atoms with van der Waals surface area (Å²) in [5.41, 5.74) is 2.89. The maximum Gasteiger partial charge on any atom is 0.145 e. The van der Waals surface area contributed by atoms with Crippen LogP contribution >= 0.6 is 0 Å². The van der Waals surface area contributed by atoms with Crippen LogP contribution in [0.3, 0.4) is 0 Å².